The van der Waals surface area contributed by atoms with Crippen molar-refractivity contribution < 1.29 is 19.2 Å². The summed E-state index contributed by atoms with van der Waals surface area (Å²) in [6.07, 6.45) is 2.53. The molecule has 1 atom stereocenters. The van der Waals surface area contributed by atoms with Gasteiger partial charge in [0, 0.05) is 12.1 Å². The van der Waals surface area contributed by atoms with Gasteiger partial charge in [0.1, 0.15) is 6.04 Å². The smallest absolute Gasteiger partial charge is 0.328 e. The number of nitro benzene ring substituents is 1. The van der Waals surface area contributed by atoms with Gasteiger partial charge in [-0.2, -0.15) is 0 Å². The highest BCUT2D eigenvalue weighted by Crippen LogP contribution is 2.13. The largest absolute Gasteiger partial charge is 0.467 e. The number of allylic oxidation sites excluding steroid dienone is 1. The Hall–Kier alpha value is -2.70. The van der Waals surface area contributed by atoms with E-state index in [0.29, 0.717) is 18.4 Å². The maximum Gasteiger partial charge on any atom is 0.328 e. The zero-order valence-corrected chi connectivity index (χ0v) is 12.3. The van der Waals surface area contributed by atoms with Crippen LogP contribution in [0.3, 0.4) is 0 Å². The van der Waals surface area contributed by atoms with Gasteiger partial charge in [0.15, 0.2) is 0 Å². The number of rotatable bonds is 8. The molecule has 0 saturated heterocycles. The zero-order valence-electron chi connectivity index (χ0n) is 12.3. The lowest BCUT2D eigenvalue weighted by Crippen LogP contribution is -2.42. The summed E-state index contributed by atoms with van der Waals surface area (Å²) in [7, 11) is 1.25. The fraction of sp³-hybridized carbons (Fsp3) is 0.333. The number of nitrogens with zero attached hydrogens (tertiary/aromatic N) is 1. The van der Waals surface area contributed by atoms with Crippen molar-refractivity contribution in [3.05, 3.63) is 52.6 Å². The quantitative estimate of drug-likeness (QED) is 0.341. The minimum absolute atomic E-state index is 0.0523. The van der Waals surface area contributed by atoms with Gasteiger partial charge in [-0.05, 0) is 18.4 Å². The topological polar surface area (TPSA) is 98.5 Å². The number of benzene rings is 1. The summed E-state index contributed by atoms with van der Waals surface area (Å²) in [5, 5.41) is 13.3. The molecule has 7 nitrogen and oxygen atoms in total. The number of esters is 1. The molecule has 0 spiro atoms. The average molecular weight is 306 g/mol. The second-order valence-electron chi connectivity index (χ2n) is 4.61. The van der Waals surface area contributed by atoms with E-state index in [0.717, 1.165) is 0 Å². The van der Waals surface area contributed by atoms with Gasteiger partial charge < -0.3 is 10.1 Å². The minimum atomic E-state index is -0.755. The Labute approximate surface area is 128 Å². The molecular formula is C15H18N2O5. The number of hydrogen-bond acceptors (Lipinski definition) is 5. The normalized spacial score (nSPS) is 11.3. The maximum absolute atomic E-state index is 12.0. The molecule has 7 heteroatoms. The van der Waals surface area contributed by atoms with E-state index in [1.165, 1.54) is 25.3 Å². The van der Waals surface area contributed by atoms with Crippen LogP contribution < -0.4 is 5.32 Å². The highest BCUT2D eigenvalue weighted by molar-refractivity contribution is 5.85. The Morgan fingerprint density at radius 1 is 1.50 bits per heavy atom. The summed E-state index contributed by atoms with van der Waals surface area (Å²) in [6, 6.07) is 5.05. The zero-order chi connectivity index (χ0) is 16.5. The molecule has 0 bridgehead atoms. The van der Waals surface area contributed by atoms with Crippen LogP contribution in [0.4, 0.5) is 5.69 Å². The third-order valence-electron chi connectivity index (χ3n) is 2.97. The van der Waals surface area contributed by atoms with Crippen molar-refractivity contribution in [1.29, 1.82) is 0 Å². The second-order valence-corrected chi connectivity index (χ2v) is 4.61. The van der Waals surface area contributed by atoms with Crippen molar-refractivity contribution in [2.75, 3.05) is 7.11 Å². The first-order valence-electron chi connectivity index (χ1n) is 6.69. The summed E-state index contributed by atoms with van der Waals surface area (Å²) in [5.74, 6) is -0.936. The number of methoxy groups -OCH3 is 1. The molecule has 0 fully saturated rings. The minimum Gasteiger partial charge on any atom is -0.467 e. The fourth-order valence-corrected chi connectivity index (χ4v) is 1.89. The van der Waals surface area contributed by atoms with Crippen LogP contribution in [0.2, 0.25) is 0 Å². The van der Waals surface area contributed by atoms with E-state index >= 15 is 0 Å². The molecule has 0 aromatic heterocycles. The number of nitrogens with one attached hydrogen (secondary N) is 1. The Morgan fingerprint density at radius 3 is 2.82 bits per heavy atom. The lowest BCUT2D eigenvalue weighted by Gasteiger charge is -2.15. The molecule has 0 saturated carbocycles. The first-order chi connectivity index (χ1) is 10.5. The van der Waals surface area contributed by atoms with E-state index in [2.05, 4.69) is 16.6 Å². The Kier molecular flexibility index (Phi) is 6.75. The Morgan fingerprint density at radius 2 is 2.23 bits per heavy atom. The Balaban J connectivity index is 2.70. The highest BCUT2D eigenvalue weighted by Gasteiger charge is 2.21. The molecule has 0 aliphatic heterocycles. The number of carbonyl (C=O) groups excluding carboxylic acids is 2. The second kappa shape index (κ2) is 8.56. The summed E-state index contributed by atoms with van der Waals surface area (Å²) < 4.78 is 4.63. The monoisotopic (exact) mass is 306 g/mol. The van der Waals surface area contributed by atoms with Gasteiger partial charge in [0.2, 0.25) is 5.91 Å². The van der Waals surface area contributed by atoms with E-state index in [-0.39, 0.29) is 12.1 Å². The third kappa shape index (κ3) is 5.35. The predicted octanol–water partition coefficient (Wildman–Crippen LogP) is 1.76. The molecule has 1 aromatic carbocycles. The number of hydrogen-bond donors (Lipinski definition) is 1. The van der Waals surface area contributed by atoms with Crippen LogP contribution in [0.25, 0.3) is 0 Å². The summed E-state index contributed by atoms with van der Waals surface area (Å²) in [4.78, 5) is 33.7. The molecule has 0 aliphatic carbocycles. The van der Waals surface area contributed by atoms with E-state index in [9.17, 15) is 19.7 Å². The van der Waals surface area contributed by atoms with Crippen LogP contribution in [0.5, 0.6) is 0 Å². The molecule has 0 heterocycles. The van der Waals surface area contributed by atoms with Crippen LogP contribution >= 0.6 is 0 Å². The molecule has 118 valence electrons. The van der Waals surface area contributed by atoms with Gasteiger partial charge in [0.25, 0.3) is 5.69 Å². The molecule has 1 rings (SSSR count). The van der Waals surface area contributed by atoms with Gasteiger partial charge in [-0.15, -0.1) is 6.58 Å². The van der Waals surface area contributed by atoms with Crippen LogP contribution in [0, 0.1) is 10.1 Å². The SMILES string of the molecule is C=CCC[C@H](NC(=O)Cc1cccc([N+](=O)[O-])c1)C(=O)OC. The van der Waals surface area contributed by atoms with Crippen molar-refractivity contribution in [2.45, 2.75) is 25.3 Å². The molecule has 0 unspecified atom stereocenters. The highest BCUT2D eigenvalue weighted by atomic mass is 16.6. The van der Waals surface area contributed by atoms with Crippen LogP contribution in [0.1, 0.15) is 18.4 Å². The molecule has 1 aromatic rings. The fourth-order valence-electron chi connectivity index (χ4n) is 1.89. The van der Waals surface area contributed by atoms with Crippen molar-refractivity contribution in [3.63, 3.8) is 0 Å². The number of nitro groups is 1. The summed E-state index contributed by atoms with van der Waals surface area (Å²) >= 11 is 0. The standard InChI is InChI=1S/C15H18N2O5/c1-3-4-8-13(15(19)22-2)16-14(18)10-11-6-5-7-12(9-11)17(20)21/h3,5-7,9,13H,1,4,8,10H2,2H3,(H,16,18)/t13-/m0/s1. The molecule has 1 N–H and O–H groups in total. The molecular weight excluding hydrogens is 288 g/mol. The van der Waals surface area contributed by atoms with E-state index in [1.807, 2.05) is 0 Å². The number of carbonyl (C=O) groups is 2. The van der Waals surface area contributed by atoms with Crippen LogP contribution in [0.15, 0.2) is 36.9 Å². The lowest BCUT2D eigenvalue weighted by atomic mass is 10.1. The van der Waals surface area contributed by atoms with Gasteiger partial charge >= 0.3 is 5.97 Å². The van der Waals surface area contributed by atoms with Gasteiger partial charge in [-0.1, -0.05) is 18.2 Å². The van der Waals surface area contributed by atoms with Crippen molar-refractivity contribution in [3.8, 4) is 0 Å². The first-order valence-corrected chi connectivity index (χ1v) is 6.69. The number of amides is 1. The van der Waals surface area contributed by atoms with E-state index in [4.69, 9.17) is 0 Å². The number of ether oxygens (including phenoxy) is 1. The van der Waals surface area contributed by atoms with Crippen molar-refractivity contribution in [1.82, 2.24) is 5.32 Å². The Bertz CT molecular complexity index is 571. The third-order valence-corrected chi connectivity index (χ3v) is 2.97. The van der Waals surface area contributed by atoms with Crippen molar-refractivity contribution in [2.24, 2.45) is 0 Å². The first kappa shape index (κ1) is 17.4. The molecule has 1 amide bonds. The molecule has 22 heavy (non-hydrogen) atoms. The van der Waals surface area contributed by atoms with Gasteiger partial charge in [-0.3, -0.25) is 14.9 Å². The summed E-state index contributed by atoms with van der Waals surface area (Å²) in [6.45, 7) is 3.56. The van der Waals surface area contributed by atoms with Crippen LogP contribution in [-0.2, 0) is 20.7 Å². The molecule has 0 radical (unpaired) electrons. The van der Waals surface area contributed by atoms with Crippen molar-refractivity contribution >= 4 is 17.6 Å². The number of non-ortho nitro benzene ring substituents is 1. The van der Waals surface area contributed by atoms with Gasteiger partial charge in [0.05, 0.1) is 18.5 Å². The lowest BCUT2D eigenvalue weighted by molar-refractivity contribution is -0.384. The maximum atomic E-state index is 12.0. The molecule has 0 aliphatic rings. The predicted molar refractivity (Wildman–Crippen MR) is 80.2 cm³/mol. The average Bonchev–Trinajstić information content (AvgIpc) is 2.50. The van der Waals surface area contributed by atoms with Crippen LogP contribution in [-0.4, -0.2) is 30.0 Å². The van der Waals surface area contributed by atoms with E-state index in [1.54, 1.807) is 12.1 Å². The summed E-state index contributed by atoms with van der Waals surface area (Å²) in [5.41, 5.74) is 0.417. The van der Waals surface area contributed by atoms with E-state index < -0.39 is 22.8 Å². The van der Waals surface area contributed by atoms with Gasteiger partial charge in [-0.25, -0.2) is 4.79 Å².